The summed E-state index contributed by atoms with van der Waals surface area (Å²) in [5.74, 6) is 1.20. The van der Waals surface area contributed by atoms with Crippen LogP contribution in [0.25, 0.3) is 5.57 Å². The highest BCUT2D eigenvalue weighted by Gasteiger charge is 2.43. The number of methoxy groups -OCH3 is 1. The Labute approximate surface area is 165 Å². The summed E-state index contributed by atoms with van der Waals surface area (Å²) in [7, 11) is 1.68. The van der Waals surface area contributed by atoms with Gasteiger partial charge in [0.05, 0.1) is 17.6 Å². The summed E-state index contributed by atoms with van der Waals surface area (Å²) >= 11 is 1.91. The lowest BCUT2D eigenvalue weighted by atomic mass is 9.86. The van der Waals surface area contributed by atoms with E-state index in [1.54, 1.807) is 7.11 Å². The highest BCUT2D eigenvalue weighted by Crippen LogP contribution is 2.46. The first-order chi connectivity index (χ1) is 13.2. The fourth-order valence-electron chi connectivity index (χ4n) is 3.93. The van der Waals surface area contributed by atoms with Crippen LogP contribution < -0.4 is 4.74 Å². The van der Waals surface area contributed by atoms with Crippen molar-refractivity contribution in [2.75, 3.05) is 26.9 Å². The number of thioether (sulfide) groups is 1. The zero-order valence-electron chi connectivity index (χ0n) is 15.9. The number of nitrogens with one attached hydrogen (secondary N) is 1. The highest BCUT2D eigenvalue weighted by molar-refractivity contribution is 8.03. The minimum Gasteiger partial charge on any atom is -0.491 e. The predicted molar refractivity (Wildman–Crippen MR) is 113 cm³/mol. The summed E-state index contributed by atoms with van der Waals surface area (Å²) in [6.45, 7) is 4.09. The van der Waals surface area contributed by atoms with Crippen molar-refractivity contribution in [3.8, 4) is 5.75 Å². The van der Waals surface area contributed by atoms with Crippen molar-refractivity contribution < 1.29 is 9.47 Å². The van der Waals surface area contributed by atoms with Crippen LogP contribution in [0.3, 0.4) is 0 Å². The normalized spacial score (nSPS) is 26.7. The Kier molecular flexibility index (Phi) is 5.50. The number of hydrogen-bond acceptors (Lipinski definition) is 5. The maximum Gasteiger partial charge on any atom is 0.120 e. The van der Waals surface area contributed by atoms with Crippen LogP contribution in [0.2, 0.25) is 0 Å². The van der Waals surface area contributed by atoms with E-state index in [1.807, 2.05) is 23.9 Å². The van der Waals surface area contributed by atoms with Crippen molar-refractivity contribution in [3.05, 3.63) is 47.6 Å². The lowest BCUT2D eigenvalue weighted by Gasteiger charge is -2.24. The maximum absolute atomic E-state index is 8.57. The van der Waals surface area contributed by atoms with E-state index in [1.165, 1.54) is 16.7 Å². The molecule has 0 saturated carbocycles. The van der Waals surface area contributed by atoms with E-state index in [-0.39, 0.29) is 5.25 Å². The molecule has 1 saturated heterocycles. The molecule has 4 rings (SSSR count). The second-order valence-corrected chi connectivity index (χ2v) is 8.49. The van der Waals surface area contributed by atoms with Crippen molar-refractivity contribution >= 4 is 28.8 Å². The number of fused-ring (bicyclic) bond motifs is 3. The third-order valence-corrected chi connectivity index (χ3v) is 7.02. The maximum atomic E-state index is 8.57. The van der Waals surface area contributed by atoms with Crippen LogP contribution in [0.4, 0.5) is 0 Å². The number of rotatable bonds is 6. The molecule has 142 valence electrons. The SMILES string of the molecule is CCC1CN=C2C3=CC=C(c4cccc(OCCOC)c4)CC3SC2C1=N. The van der Waals surface area contributed by atoms with E-state index < -0.39 is 0 Å². The Hall–Kier alpha value is -1.85. The topological polar surface area (TPSA) is 54.7 Å². The molecule has 0 radical (unpaired) electrons. The summed E-state index contributed by atoms with van der Waals surface area (Å²) in [5, 5.41) is 9.14. The van der Waals surface area contributed by atoms with Crippen LogP contribution in [-0.2, 0) is 4.74 Å². The number of allylic oxidation sites excluding steroid dienone is 3. The molecule has 3 aliphatic rings. The summed E-state index contributed by atoms with van der Waals surface area (Å²) < 4.78 is 10.8. The molecule has 1 aliphatic carbocycles. The summed E-state index contributed by atoms with van der Waals surface area (Å²) in [6, 6.07) is 8.29. The smallest absolute Gasteiger partial charge is 0.120 e. The molecule has 3 atom stereocenters. The zero-order valence-corrected chi connectivity index (χ0v) is 16.7. The Bertz CT molecular complexity index is 827. The summed E-state index contributed by atoms with van der Waals surface area (Å²) in [5.41, 5.74) is 5.90. The van der Waals surface area contributed by atoms with E-state index in [9.17, 15) is 0 Å². The number of aliphatic imine (C=N–C) groups is 1. The van der Waals surface area contributed by atoms with Crippen molar-refractivity contribution in [2.45, 2.75) is 30.3 Å². The third-order valence-electron chi connectivity index (χ3n) is 5.52. The fourth-order valence-corrected chi connectivity index (χ4v) is 5.56. The van der Waals surface area contributed by atoms with E-state index in [0.717, 1.165) is 36.6 Å². The first-order valence-electron chi connectivity index (χ1n) is 9.62. The number of ether oxygens (including phenoxy) is 2. The summed E-state index contributed by atoms with van der Waals surface area (Å²) in [4.78, 5) is 4.86. The van der Waals surface area contributed by atoms with E-state index >= 15 is 0 Å². The zero-order chi connectivity index (χ0) is 18.8. The van der Waals surface area contributed by atoms with Crippen molar-refractivity contribution in [1.29, 1.82) is 5.41 Å². The van der Waals surface area contributed by atoms with Crippen molar-refractivity contribution in [1.82, 2.24) is 0 Å². The molecule has 1 aromatic carbocycles. The average Bonchev–Trinajstić information content (AvgIpc) is 3.07. The Morgan fingerprint density at radius 1 is 1.26 bits per heavy atom. The van der Waals surface area contributed by atoms with Gasteiger partial charge in [-0.15, -0.1) is 11.8 Å². The average molecular weight is 383 g/mol. The van der Waals surface area contributed by atoms with Crippen LogP contribution in [0, 0.1) is 11.3 Å². The van der Waals surface area contributed by atoms with E-state index in [4.69, 9.17) is 19.9 Å². The molecular formula is C22H26N2O2S. The van der Waals surface area contributed by atoms with Gasteiger partial charge in [-0.25, -0.2) is 0 Å². The first-order valence-corrected chi connectivity index (χ1v) is 10.6. The van der Waals surface area contributed by atoms with Gasteiger partial charge in [-0.1, -0.05) is 31.2 Å². The molecule has 1 aromatic rings. The van der Waals surface area contributed by atoms with Gasteiger partial charge >= 0.3 is 0 Å². The quantitative estimate of drug-likeness (QED) is 0.742. The highest BCUT2D eigenvalue weighted by atomic mass is 32.2. The van der Waals surface area contributed by atoms with Gasteiger partial charge in [0.25, 0.3) is 0 Å². The molecule has 1 N–H and O–H groups in total. The second kappa shape index (κ2) is 8.03. The number of nitrogens with zero attached hydrogens (tertiary/aromatic N) is 1. The van der Waals surface area contributed by atoms with Gasteiger partial charge in [0, 0.05) is 30.5 Å². The molecule has 1 fully saturated rings. The second-order valence-electron chi connectivity index (χ2n) is 7.18. The Morgan fingerprint density at radius 3 is 2.96 bits per heavy atom. The molecule has 0 aromatic heterocycles. The molecule has 0 bridgehead atoms. The van der Waals surface area contributed by atoms with Crippen LogP contribution in [0.15, 0.2) is 47.0 Å². The van der Waals surface area contributed by atoms with Crippen LogP contribution in [-0.4, -0.2) is 48.8 Å². The third kappa shape index (κ3) is 3.63. The Balaban J connectivity index is 1.53. The molecule has 4 nitrogen and oxygen atoms in total. The van der Waals surface area contributed by atoms with Gasteiger partial charge in [0.2, 0.25) is 0 Å². The summed E-state index contributed by atoms with van der Waals surface area (Å²) in [6.07, 6.45) is 6.45. The first kappa shape index (κ1) is 18.5. The molecule has 3 unspecified atom stereocenters. The van der Waals surface area contributed by atoms with Crippen LogP contribution in [0.1, 0.15) is 25.3 Å². The van der Waals surface area contributed by atoms with Gasteiger partial charge < -0.3 is 14.9 Å². The molecule has 2 heterocycles. The largest absolute Gasteiger partial charge is 0.491 e. The number of hydrogen-bond donors (Lipinski definition) is 1. The lowest BCUT2D eigenvalue weighted by Crippen LogP contribution is -2.35. The van der Waals surface area contributed by atoms with Gasteiger partial charge in [0.15, 0.2) is 0 Å². The Morgan fingerprint density at radius 2 is 2.15 bits per heavy atom. The predicted octanol–water partition coefficient (Wildman–Crippen LogP) is 4.41. The van der Waals surface area contributed by atoms with Gasteiger partial charge in [-0.2, -0.15) is 0 Å². The van der Waals surface area contributed by atoms with Gasteiger partial charge in [-0.05, 0) is 41.7 Å². The molecule has 0 spiro atoms. The minimum atomic E-state index is 0.163. The standard InChI is InChI=1S/C22H26N2O2S/c1-3-14-13-24-21-18-8-7-16(12-19(18)27-22(21)20(14)23)15-5-4-6-17(11-15)26-10-9-25-2/h4-8,11,14,19,22-23H,3,9-10,12-13H2,1-2H3. The molecule has 5 heteroatoms. The van der Waals surface area contributed by atoms with Gasteiger partial charge in [0.1, 0.15) is 12.4 Å². The minimum absolute atomic E-state index is 0.163. The van der Waals surface area contributed by atoms with E-state index in [0.29, 0.717) is 24.4 Å². The monoisotopic (exact) mass is 382 g/mol. The molecule has 0 amide bonds. The van der Waals surface area contributed by atoms with Crippen LogP contribution in [0.5, 0.6) is 5.75 Å². The van der Waals surface area contributed by atoms with Crippen molar-refractivity contribution in [3.63, 3.8) is 0 Å². The lowest BCUT2D eigenvalue weighted by molar-refractivity contribution is 0.146. The number of benzene rings is 1. The van der Waals surface area contributed by atoms with Crippen molar-refractivity contribution in [2.24, 2.45) is 10.9 Å². The fraction of sp³-hybridized carbons (Fsp3) is 0.455. The molecular weight excluding hydrogens is 356 g/mol. The molecule has 27 heavy (non-hydrogen) atoms. The van der Waals surface area contributed by atoms with E-state index in [2.05, 4.69) is 31.2 Å². The van der Waals surface area contributed by atoms with Crippen LogP contribution >= 0.6 is 11.8 Å². The van der Waals surface area contributed by atoms with Gasteiger partial charge in [-0.3, -0.25) is 4.99 Å². The molecule has 2 aliphatic heterocycles.